The minimum atomic E-state index is -0.688. The highest BCUT2D eigenvalue weighted by Gasteiger charge is 2.24. The van der Waals surface area contributed by atoms with Gasteiger partial charge in [-0.1, -0.05) is 18.2 Å². The summed E-state index contributed by atoms with van der Waals surface area (Å²) in [4.78, 5) is 3.94. The molecule has 4 heteroatoms. The van der Waals surface area contributed by atoms with Crippen LogP contribution in [0, 0.1) is 5.82 Å². The lowest BCUT2D eigenvalue weighted by Gasteiger charge is -2.27. The molecule has 20 heavy (non-hydrogen) atoms. The summed E-state index contributed by atoms with van der Waals surface area (Å²) in [6.07, 6.45) is 1.89. The van der Waals surface area contributed by atoms with Crippen LogP contribution in [0.5, 0.6) is 5.75 Å². The first-order chi connectivity index (χ1) is 9.74. The molecule has 3 rings (SSSR count). The van der Waals surface area contributed by atoms with Crippen LogP contribution in [0.2, 0.25) is 0 Å². The quantitative estimate of drug-likeness (QED) is 0.933. The van der Waals surface area contributed by atoms with E-state index in [1.54, 1.807) is 0 Å². The van der Waals surface area contributed by atoms with Crippen LogP contribution in [0.3, 0.4) is 0 Å². The van der Waals surface area contributed by atoms with Crippen molar-refractivity contribution in [2.75, 3.05) is 6.61 Å². The highest BCUT2D eigenvalue weighted by molar-refractivity contribution is 5.37. The van der Waals surface area contributed by atoms with E-state index in [1.807, 2.05) is 24.3 Å². The number of nitrogens with zero attached hydrogens (tertiary/aromatic N) is 1. The van der Waals surface area contributed by atoms with Crippen LogP contribution < -0.4 is 4.74 Å². The molecule has 0 saturated carbocycles. The van der Waals surface area contributed by atoms with Gasteiger partial charge in [-0.2, -0.15) is 0 Å². The van der Waals surface area contributed by atoms with Gasteiger partial charge in [0, 0.05) is 0 Å². The first kappa shape index (κ1) is 13.1. The molecule has 2 unspecified atom stereocenters. The Morgan fingerprint density at radius 2 is 2.15 bits per heavy atom. The van der Waals surface area contributed by atoms with Crippen molar-refractivity contribution in [2.45, 2.75) is 24.9 Å². The van der Waals surface area contributed by atoms with Crippen molar-refractivity contribution in [1.29, 1.82) is 0 Å². The Morgan fingerprint density at radius 3 is 2.95 bits per heavy atom. The molecule has 2 heterocycles. The second kappa shape index (κ2) is 5.59. The molecule has 0 aliphatic carbocycles. The average molecular weight is 273 g/mol. The van der Waals surface area contributed by atoms with E-state index < -0.39 is 11.9 Å². The number of aliphatic hydroxyl groups is 1. The number of para-hydroxylation sites is 1. The molecule has 1 aromatic heterocycles. The molecule has 1 N–H and O–H groups in total. The van der Waals surface area contributed by atoms with Crippen LogP contribution in [-0.4, -0.2) is 16.7 Å². The van der Waals surface area contributed by atoms with Gasteiger partial charge in [0.15, 0.2) is 0 Å². The molecule has 0 radical (unpaired) electrons. The zero-order valence-corrected chi connectivity index (χ0v) is 11.0. The minimum absolute atomic E-state index is 0.238. The van der Waals surface area contributed by atoms with Crippen LogP contribution in [0.15, 0.2) is 42.6 Å². The third-order valence-electron chi connectivity index (χ3n) is 3.68. The fraction of sp³-hybridized carbons (Fsp3) is 0.312. The summed E-state index contributed by atoms with van der Waals surface area (Å²) in [6, 6.07) is 10.8. The molecule has 1 aliphatic rings. The largest absolute Gasteiger partial charge is 0.493 e. The van der Waals surface area contributed by atoms with Crippen LogP contribution in [-0.2, 0) is 0 Å². The maximum absolute atomic E-state index is 12.8. The van der Waals surface area contributed by atoms with E-state index in [2.05, 4.69) is 4.98 Å². The molecule has 104 valence electrons. The second-order valence-electron chi connectivity index (χ2n) is 5.02. The van der Waals surface area contributed by atoms with Gasteiger partial charge in [-0.15, -0.1) is 0 Å². The molecule has 1 aromatic carbocycles. The number of fused-ring (bicyclic) bond motifs is 1. The number of pyridine rings is 1. The van der Waals surface area contributed by atoms with Crippen LogP contribution >= 0.6 is 0 Å². The van der Waals surface area contributed by atoms with Crippen LogP contribution in [0.4, 0.5) is 4.39 Å². The van der Waals surface area contributed by atoms with E-state index in [9.17, 15) is 9.50 Å². The first-order valence-electron chi connectivity index (χ1n) is 6.75. The highest BCUT2D eigenvalue weighted by atomic mass is 19.1. The Bertz CT molecular complexity index is 585. The van der Waals surface area contributed by atoms with E-state index in [4.69, 9.17) is 4.74 Å². The summed E-state index contributed by atoms with van der Waals surface area (Å²) in [5.41, 5.74) is 1.63. The number of aliphatic hydroxyl groups excluding tert-OH is 1. The normalized spacial score (nSPS) is 19.0. The molecule has 0 saturated heterocycles. The maximum atomic E-state index is 12.8. The van der Waals surface area contributed by atoms with Gasteiger partial charge in [-0.05, 0) is 42.5 Å². The predicted octanol–water partition coefficient (Wildman–Crippen LogP) is 3.21. The van der Waals surface area contributed by atoms with Gasteiger partial charge in [-0.3, -0.25) is 4.98 Å². The summed E-state index contributed by atoms with van der Waals surface area (Å²) in [6.45, 7) is 0.658. The SMILES string of the molecule is OC(CC1CCOc2ccccc21)c1ccc(F)cn1. The van der Waals surface area contributed by atoms with E-state index in [0.29, 0.717) is 18.7 Å². The van der Waals surface area contributed by atoms with Crippen molar-refractivity contribution in [2.24, 2.45) is 0 Å². The van der Waals surface area contributed by atoms with Crippen molar-refractivity contribution >= 4 is 0 Å². The summed E-state index contributed by atoms with van der Waals surface area (Å²) < 4.78 is 18.5. The molecule has 0 fully saturated rings. The predicted molar refractivity (Wildman–Crippen MR) is 73.1 cm³/mol. The highest BCUT2D eigenvalue weighted by Crippen LogP contribution is 2.38. The van der Waals surface area contributed by atoms with Gasteiger partial charge in [0.2, 0.25) is 0 Å². The summed E-state index contributed by atoms with van der Waals surface area (Å²) >= 11 is 0. The summed E-state index contributed by atoms with van der Waals surface area (Å²) in [5, 5.41) is 10.3. The van der Waals surface area contributed by atoms with E-state index >= 15 is 0 Å². The Labute approximate surface area is 117 Å². The number of rotatable bonds is 3. The fourth-order valence-electron chi connectivity index (χ4n) is 2.64. The molecule has 0 spiro atoms. The Hall–Kier alpha value is -1.94. The van der Waals surface area contributed by atoms with E-state index in [0.717, 1.165) is 23.9 Å². The molecule has 2 atom stereocenters. The van der Waals surface area contributed by atoms with Crippen LogP contribution in [0.25, 0.3) is 0 Å². The zero-order valence-electron chi connectivity index (χ0n) is 11.0. The molecule has 0 bridgehead atoms. The molecular weight excluding hydrogens is 257 g/mol. The van der Waals surface area contributed by atoms with Gasteiger partial charge in [0.25, 0.3) is 0 Å². The smallest absolute Gasteiger partial charge is 0.141 e. The molecule has 0 amide bonds. The van der Waals surface area contributed by atoms with E-state index in [1.165, 1.54) is 12.1 Å². The van der Waals surface area contributed by atoms with Crippen LogP contribution in [0.1, 0.15) is 36.1 Å². The number of benzene rings is 1. The third-order valence-corrected chi connectivity index (χ3v) is 3.68. The minimum Gasteiger partial charge on any atom is -0.493 e. The lowest BCUT2D eigenvalue weighted by molar-refractivity contribution is 0.141. The van der Waals surface area contributed by atoms with Crippen molar-refractivity contribution < 1.29 is 14.2 Å². The zero-order chi connectivity index (χ0) is 13.9. The maximum Gasteiger partial charge on any atom is 0.141 e. The number of ether oxygens (including phenoxy) is 1. The monoisotopic (exact) mass is 273 g/mol. The topological polar surface area (TPSA) is 42.4 Å². The molecule has 3 nitrogen and oxygen atoms in total. The molecule has 2 aromatic rings. The number of hydrogen-bond donors (Lipinski definition) is 1. The number of aromatic nitrogens is 1. The number of hydrogen-bond acceptors (Lipinski definition) is 3. The first-order valence-corrected chi connectivity index (χ1v) is 6.75. The van der Waals surface area contributed by atoms with Gasteiger partial charge in [0.05, 0.1) is 24.6 Å². The molecular formula is C16H16FNO2. The van der Waals surface area contributed by atoms with Gasteiger partial charge in [0.1, 0.15) is 11.6 Å². The Kier molecular flexibility index (Phi) is 3.65. The molecule has 1 aliphatic heterocycles. The standard InChI is InChI=1S/C16H16FNO2/c17-12-5-6-14(18-10-12)15(19)9-11-7-8-20-16-4-2-1-3-13(11)16/h1-6,10-11,15,19H,7-9H2. The third kappa shape index (κ3) is 2.65. The van der Waals surface area contributed by atoms with Crippen molar-refractivity contribution in [3.63, 3.8) is 0 Å². The summed E-state index contributed by atoms with van der Waals surface area (Å²) in [7, 11) is 0. The lowest BCUT2D eigenvalue weighted by atomic mass is 9.87. The lowest BCUT2D eigenvalue weighted by Crippen LogP contribution is -2.16. The fourth-order valence-corrected chi connectivity index (χ4v) is 2.64. The Balaban J connectivity index is 1.77. The second-order valence-corrected chi connectivity index (χ2v) is 5.02. The van der Waals surface area contributed by atoms with E-state index in [-0.39, 0.29) is 5.92 Å². The number of halogens is 1. The van der Waals surface area contributed by atoms with Crippen molar-refractivity contribution in [1.82, 2.24) is 4.98 Å². The van der Waals surface area contributed by atoms with Crippen molar-refractivity contribution in [3.05, 3.63) is 59.7 Å². The Morgan fingerprint density at radius 1 is 1.30 bits per heavy atom. The average Bonchev–Trinajstić information content (AvgIpc) is 2.48. The van der Waals surface area contributed by atoms with Gasteiger partial charge >= 0.3 is 0 Å². The van der Waals surface area contributed by atoms with Gasteiger partial charge in [-0.25, -0.2) is 4.39 Å². The summed E-state index contributed by atoms with van der Waals surface area (Å²) in [5.74, 6) is 0.738. The van der Waals surface area contributed by atoms with Gasteiger partial charge < -0.3 is 9.84 Å². The van der Waals surface area contributed by atoms with Crippen molar-refractivity contribution in [3.8, 4) is 5.75 Å².